The number of nitro groups is 1. The van der Waals surface area contributed by atoms with E-state index >= 15 is 0 Å². The summed E-state index contributed by atoms with van der Waals surface area (Å²) in [5, 5.41) is 11.1. The highest BCUT2D eigenvalue weighted by Crippen LogP contribution is 2.26. The van der Waals surface area contributed by atoms with Crippen LogP contribution in [-0.4, -0.2) is 49.6 Å². The average molecular weight is 328 g/mol. The Bertz CT molecular complexity index is 880. The van der Waals surface area contributed by atoms with Gasteiger partial charge in [0.05, 0.1) is 18.1 Å². The number of aryl methyl sites for hydroxylation is 1. The van der Waals surface area contributed by atoms with Gasteiger partial charge in [-0.1, -0.05) is 12.1 Å². The molecule has 0 bridgehead atoms. The SMILES string of the molecule is CN(C)CCCn1c(-c2ncc([N+](=O)[O-])n2C)nc2ccccc21. The third-order valence-electron chi connectivity index (χ3n) is 3.99. The monoisotopic (exact) mass is 328 g/mol. The van der Waals surface area contributed by atoms with Gasteiger partial charge in [-0.2, -0.15) is 0 Å². The van der Waals surface area contributed by atoms with Crippen LogP contribution in [0.25, 0.3) is 22.7 Å². The fourth-order valence-electron chi connectivity index (χ4n) is 2.80. The average Bonchev–Trinajstić information content (AvgIpc) is 3.08. The Labute approximate surface area is 139 Å². The second-order valence-corrected chi connectivity index (χ2v) is 5.99. The van der Waals surface area contributed by atoms with Gasteiger partial charge < -0.3 is 19.6 Å². The molecule has 0 radical (unpaired) electrons. The van der Waals surface area contributed by atoms with E-state index in [1.165, 1.54) is 10.8 Å². The molecule has 0 aliphatic carbocycles. The molecule has 0 saturated carbocycles. The largest absolute Gasteiger partial charge is 0.358 e. The minimum Gasteiger partial charge on any atom is -0.358 e. The van der Waals surface area contributed by atoms with E-state index < -0.39 is 4.92 Å². The van der Waals surface area contributed by atoms with E-state index in [-0.39, 0.29) is 5.82 Å². The van der Waals surface area contributed by atoms with Gasteiger partial charge in [0.2, 0.25) is 5.82 Å². The minimum atomic E-state index is -0.435. The quantitative estimate of drug-likeness (QED) is 0.512. The summed E-state index contributed by atoms with van der Waals surface area (Å²) >= 11 is 0. The lowest BCUT2D eigenvalue weighted by molar-refractivity contribution is -0.391. The highest BCUT2D eigenvalue weighted by molar-refractivity contribution is 5.79. The number of rotatable bonds is 6. The molecule has 0 unspecified atom stereocenters. The number of fused-ring (bicyclic) bond motifs is 1. The molecule has 3 aromatic rings. The number of nitrogens with zero attached hydrogens (tertiary/aromatic N) is 6. The summed E-state index contributed by atoms with van der Waals surface area (Å²) in [4.78, 5) is 21.7. The molecule has 2 heterocycles. The van der Waals surface area contributed by atoms with Gasteiger partial charge in [-0.05, 0) is 44.1 Å². The lowest BCUT2D eigenvalue weighted by atomic mass is 10.3. The fourth-order valence-corrected chi connectivity index (χ4v) is 2.80. The van der Waals surface area contributed by atoms with Crippen molar-refractivity contribution in [2.24, 2.45) is 7.05 Å². The number of imidazole rings is 2. The van der Waals surface area contributed by atoms with Crippen LogP contribution in [0.1, 0.15) is 6.42 Å². The number of benzene rings is 1. The van der Waals surface area contributed by atoms with Gasteiger partial charge in [-0.3, -0.25) is 0 Å². The van der Waals surface area contributed by atoms with Crippen LogP contribution in [0, 0.1) is 10.1 Å². The van der Waals surface area contributed by atoms with E-state index in [2.05, 4.69) is 19.4 Å². The molecule has 3 rings (SSSR count). The molecule has 0 fully saturated rings. The van der Waals surface area contributed by atoms with Crippen LogP contribution in [0.15, 0.2) is 30.5 Å². The van der Waals surface area contributed by atoms with Crippen molar-refractivity contribution in [3.63, 3.8) is 0 Å². The zero-order valence-electron chi connectivity index (χ0n) is 14.0. The molecule has 0 amide bonds. The second kappa shape index (κ2) is 6.40. The topological polar surface area (TPSA) is 82.0 Å². The van der Waals surface area contributed by atoms with Gasteiger partial charge >= 0.3 is 5.82 Å². The van der Waals surface area contributed by atoms with E-state index in [9.17, 15) is 10.1 Å². The highest BCUT2D eigenvalue weighted by atomic mass is 16.6. The van der Waals surface area contributed by atoms with E-state index in [0.717, 1.165) is 30.5 Å². The Morgan fingerprint density at radius 1 is 1.25 bits per heavy atom. The lowest BCUT2D eigenvalue weighted by Gasteiger charge is -2.11. The van der Waals surface area contributed by atoms with Crippen LogP contribution in [0.2, 0.25) is 0 Å². The zero-order chi connectivity index (χ0) is 17.3. The van der Waals surface area contributed by atoms with Gasteiger partial charge in [0.1, 0.15) is 6.20 Å². The van der Waals surface area contributed by atoms with E-state index in [1.807, 2.05) is 38.4 Å². The molecule has 2 aromatic heterocycles. The molecule has 0 aliphatic heterocycles. The molecule has 0 spiro atoms. The Balaban J connectivity index is 2.08. The molecule has 0 aliphatic rings. The van der Waals surface area contributed by atoms with Crippen molar-refractivity contribution < 1.29 is 4.92 Å². The van der Waals surface area contributed by atoms with Gasteiger partial charge in [-0.25, -0.2) is 14.5 Å². The molecule has 126 valence electrons. The summed E-state index contributed by atoms with van der Waals surface area (Å²) in [7, 11) is 5.72. The van der Waals surface area contributed by atoms with Gasteiger partial charge in [0.25, 0.3) is 5.82 Å². The smallest absolute Gasteiger partial charge is 0.343 e. The highest BCUT2D eigenvalue weighted by Gasteiger charge is 2.23. The second-order valence-electron chi connectivity index (χ2n) is 5.99. The predicted octanol–water partition coefficient (Wildman–Crippen LogP) is 2.30. The molecule has 24 heavy (non-hydrogen) atoms. The number of para-hydroxylation sites is 2. The van der Waals surface area contributed by atoms with Crippen molar-refractivity contribution in [3.05, 3.63) is 40.6 Å². The Morgan fingerprint density at radius 3 is 2.67 bits per heavy atom. The zero-order valence-corrected chi connectivity index (χ0v) is 14.0. The van der Waals surface area contributed by atoms with Gasteiger partial charge in [0.15, 0.2) is 0 Å². The molecular weight excluding hydrogens is 308 g/mol. The molecule has 8 heteroatoms. The fraction of sp³-hybridized carbons (Fsp3) is 0.375. The van der Waals surface area contributed by atoms with Crippen molar-refractivity contribution in [1.82, 2.24) is 24.0 Å². The number of aromatic nitrogens is 4. The molecule has 0 atom stereocenters. The first kappa shape index (κ1) is 16.1. The van der Waals surface area contributed by atoms with Crippen LogP contribution in [0.3, 0.4) is 0 Å². The van der Waals surface area contributed by atoms with E-state index in [4.69, 9.17) is 0 Å². The Hall–Kier alpha value is -2.74. The van der Waals surface area contributed by atoms with Crippen LogP contribution in [0.5, 0.6) is 0 Å². The third kappa shape index (κ3) is 2.88. The summed E-state index contributed by atoms with van der Waals surface area (Å²) in [5.74, 6) is 1.12. The Kier molecular flexibility index (Phi) is 4.30. The standard InChI is InChI=1S/C16H20N6O2/c1-19(2)9-6-10-21-13-8-5-4-7-12(13)18-16(21)15-17-11-14(20(15)3)22(23)24/h4-5,7-8,11H,6,9-10H2,1-3H3. The summed E-state index contributed by atoms with van der Waals surface area (Å²) in [6.07, 6.45) is 2.23. The van der Waals surface area contributed by atoms with Gasteiger partial charge in [-0.15, -0.1) is 0 Å². The lowest BCUT2D eigenvalue weighted by Crippen LogP contribution is -2.15. The summed E-state index contributed by atoms with van der Waals surface area (Å²) in [5.41, 5.74) is 1.87. The summed E-state index contributed by atoms with van der Waals surface area (Å²) in [6.45, 7) is 1.72. The normalized spacial score (nSPS) is 11.5. The first-order valence-corrected chi connectivity index (χ1v) is 7.75. The van der Waals surface area contributed by atoms with Crippen LogP contribution in [-0.2, 0) is 13.6 Å². The van der Waals surface area contributed by atoms with Crippen LogP contribution < -0.4 is 0 Å². The molecule has 0 saturated heterocycles. The maximum atomic E-state index is 11.1. The van der Waals surface area contributed by atoms with Crippen molar-refractivity contribution in [2.45, 2.75) is 13.0 Å². The molecular formula is C16H20N6O2. The van der Waals surface area contributed by atoms with Crippen molar-refractivity contribution in [1.29, 1.82) is 0 Å². The molecule has 0 N–H and O–H groups in total. The van der Waals surface area contributed by atoms with Crippen molar-refractivity contribution in [2.75, 3.05) is 20.6 Å². The minimum absolute atomic E-state index is 0.0445. The number of hydrogen-bond acceptors (Lipinski definition) is 5. The summed E-state index contributed by atoms with van der Waals surface area (Å²) < 4.78 is 3.56. The third-order valence-corrected chi connectivity index (χ3v) is 3.99. The maximum absolute atomic E-state index is 11.1. The van der Waals surface area contributed by atoms with Crippen molar-refractivity contribution >= 4 is 16.9 Å². The predicted molar refractivity (Wildman–Crippen MR) is 91.8 cm³/mol. The summed E-state index contributed by atoms with van der Waals surface area (Å²) in [6, 6.07) is 7.86. The van der Waals surface area contributed by atoms with E-state index in [1.54, 1.807) is 7.05 Å². The van der Waals surface area contributed by atoms with Gasteiger partial charge in [0, 0.05) is 6.54 Å². The molecule has 8 nitrogen and oxygen atoms in total. The Morgan fingerprint density at radius 2 is 2.00 bits per heavy atom. The molecule has 1 aromatic carbocycles. The maximum Gasteiger partial charge on any atom is 0.343 e. The first-order chi connectivity index (χ1) is 11.5. The van der Waals surface area contributed by atoms with Crippen molar-refractivity contribution in [3.8, 4) is 11.6 Å². The van der Waals surface area contributed by atoms with Crippen LogP contribution >= 0.6 is 0 Å². The number of hydrogen-bond donors (Lipinski definition) is 0. The van der Waals surface area contributed by atoms with E-state index in [0.29, 0.717) is 11.6 Å². The van der Waals surface area contributed by atoms with Crippen LogP contribution in [0.4, 0.5) is 5.82 Å². The first-order valence-electron chi connectivity index (χ1n) is 7.75.